The van der Waals surface area contributed by atoms with Crippen LogP contribution in [0.3, 0.4) is 0 Å². The molecule has 0 spiro atoms. The molecule has 0 bridgehead atoms. The highest BCUT2D eigenvalue weighted by Gasteiger charge is 2.17. The third-order valence-electron chi connectivity index (χ3n) is 3.43. The molecule has 5 nitrogen and oxygen atoms in total. The number of nitrogens with zero attached hydrogens (tertiary/aromatic N) is 3. The van der Waals surface area contributed by atoms with Crippen molar-refractivity contribution >= 4 is 11.0 Å². The molecule has 3 rings (SSSR count). The second kappa shape index (κ2) is 4.85. The highest BCUT2D eigenvalue weighted by molar-refractivity contribution is 5.81. The van der Waals surface area contributed by atoms with Gasteiger partial charge in [-0.05, 0) is 13.1 Å². The number of benzene rings is 1. The number of aromatic nitrogens is 3. The van der Waals surface area contributed by atoms with Crippen molar-refractivity contribution in [2.45, 2.75) is 12.5 Å². The SMILES string of the molecule is CNC(Cc1ncnn1C)c1coc2ccccc12. The first-order valence-corrected chi connectivity index (χ1v) is 6.26. The van der Waals surface area contributed by atoms with E-state index in [-0.39, 0.29) is 6.04 Å². The Labute approximate surface area is 111 Å². The quantitative estimate of drug-likeness (QED) is 0.776. The minimum absolute atomic E-state index is 0.159. The number of furan rings is 1. The third-order valence-corrected chi connectivity index (χ3v) is 3.43. The Morgan fingerprint density at radius 1 is 1.37 bits per heavy atom. The summed E-state index contributed by atoms with van der Waals surface area (Å²) in [5.74, 6) is 0.949. The smallest absolute Gasteiger partial charge is 0.138 e. The fourth-order valence-corrected chi connectivity index (χ4v) is 2.32. The van der Waals surface area contributed by atoms with E-state index in [1.165, 1.54) is 0 Å². The lowest BCUT2D eigenvalue weighted by molar-refractivity contribution is 0.539. The topological polar surface area (TPSA) is 55.9 Å². The van der Waals surface area contributed by atoms with E-state index in [0.717, 1.165) is 28.8 Å². The normalized spacial score (nSPS) is 12.9. The van der Waals surface area contributed by atoms with E-state index in [2.05, 4.69) is 21.5 Å². The number of hydrogen-bond donors (Lipinski definition) is 1. The molecule has 2 aromatic heterocycles. The molecule has 0 aliphatic heterocycles. The zero-order chi connectivity index (χ0) is 13.2. The summed E-state index contributed by atoms with van der Waals surface area (Å²) < 4.78 is 7.40. The monoisotopic (exact) mass is 256 g/mol. The van der Waals surface area contributed by atoms with Crippen molar-refractivity contribution in [1.82, 2.24) is 20.1 Å². The minimum Gasteiger partial charge on any atom is -0.464 e. The summed E-state index contributed by atoms with van der Waals surface area (Å²) in [6.45, 7) is 0. The van der Waals surface area contributed by atoms with Gasteiger partial charge in [0.25, 0.3) is 0 Å². The molecule has 19 heavy (non-hydrogen) atoms. The number of fused-ring (bicyclic) bond motifs is 1. The summed E-state index contributed by atoms with van der Waals surface area (Å²) in [5.41, 5.74) is 2.07. The Balaban J connectivity index is 1.96. The summed E-state index contributed by atoms with van der Waals surface area (Å²) in [4.78, 5) is 4.27. The molecule has 1 atom stereocenters. The standard InChI is InChI=1S/C14H16N4O/c1-15-12(7-14-16-9-17-18(14)2)11-8-19-13-6-4-3-5-10(11)13/h3-6,8-9,12,15H,7H2,1-2H3. The van der Waals surface area contributed by atoms with Crippen LogP contribution in [0.1, 0.15) is 17.4 Å². The van der Waals surface area contributed by atoms with E-state index in [1.54, 1.807) is 11.0 Å². The van der Waals surface area contributed by atoms with E-state index in [4.69, 9.17) is 4.42 Å². The van der Waals surface area contributed by atoms with Gasteiger partial charge in [0.05, 0.1) is 6.26 Å². The van der Waals surface area contributed by atoms with Crippen LogP contribution in [-0.2, 0) is 13.5 Å². The van der Waals surface area contributed by atoms with Crippen LogP contribution < -0.4 is 5.32 Å². The predicted octanol–water partition coefficient (Wildman–Crippen LogP) is 2.06. The van der Waals surface area contributed by atoms with Crippen molar-refractivity contribution in [3.05, 3.63) is 48.2 Å². The van der Waals surface area contributed by atoms with Crippen LogP contribution in [0.5, 0.6) is 0 Å². The highest BCUT2D eigenvalue weighted by atomic mass is 16.3. The maximum Gasteiger partial charge on any atom is 0.138 e. The Morgan fingerprint density at radius 2 is 2.21 bits per heavy atom. The van der Waals surface area contributed by atoms with E-state index in [1.807, 2.05) is 38.6 Å². The summed E-state index contributed by atoms with van der Waals surface area (Å²) in [5, 5.41) is 8.57. The van der Waals surface area contributed by atoms with Crippen molar-refractivity contribution in [2.24, 2.45) is 7.05 Å². The molecule has 2 heterocycles. The Bertz CT molecular complexity index is 685. The van der Waals surface area contributed by atoms with Gasteiger partial charge in [-0.2, -0.15) is 5.10 Å². The summed E-state index contributed by atoms with van der Waals surface area (Å²) in [6.07, 6.45) is 4.17. The number of likely N-dealkylation sites (N-methyl/N-ethyl adjacent to an activating group) is 1. The van der Waals surface area contributed by atoms with Gasteiger partial charge < -0.3 is 9.73 Å². The largest absolute Gasteiger partial charge is 0.464 e. The van der Waals surface area contributed by atoms with Crippen molar-refractivity contribution < 1.29 is 4.42 Å². The predicted molar refractivity (Wildman–Crippen MR) is 72.7 cm³/mol. The van der Waals surface area contributed by atoms with Gasteiger partial charge in [0.15, 0.2) is 0 Å². The average Bonchev–Trinajstić information content (AvgIpc) is 3.03. The van der Waals surface area contributed by atoms with Crippen LogP contribution in [0.2, 0.25) is 0 Å². The van der Waals surface area contributed by atoms with Gasteiger partial charge in [-0.3, -0.25) is 4.68 Å². The molecule has 1 aromatic carbocycles. The molecule has 0 aliphatic rings. The number of hydrogen-bond acceptors (Lipinski definition) is 4. The maximum atomic E-state index is 5.60. The summed E-state index contributed by atoms with van der Waals surface area (Å²) in [7, 11) is 3.85. The zero-order valence-electron chi connectivity index (χ0n) is 11.0. The van der Waals surface area contributed by atoms with Gasteiger partial charge in [-0.25, -0.2) is 4.98 Å². The molecular weight excluding hydrogens is 240 g/mol. The van der Waals surface area contributed by atoms with Crippen LogP contribution in [0.4, 0.5) is 0 Å². The highest BCUT2D eigenvalue weighted by Crippen LogP contribution is 2.27. The lowest BCUT2D eigenvalue weighted by atomic mass is 10.0. The molecule has 0 amide bonds. The van der Waals surface area contributed by atoms with Gasteiger partial charge in [-0.1, -0.05) is 18.2 Å². The number of rotatable bonds is 4. The molecule has 0 saturated heterocycles. The first kappa shape index (κ1) is 11.9. The van der Waals surface area contributed by atoms with Gasteiger partial charge in [-0.15, -0.1) is 0 Å². The van der Waals surface area contributed by atoms with Crippen LogP contribution in [0.15, 0.2) is 41.3 Å². The fourth-order valence-electron chi connectivity index (χ4n) is 2.32. The third kappa shape index (κ3) is 2.13. The summed E-state index contributed by atoms with van der Waals surface area (Å²) >= 11 is 0. The van der Waals surface area contributed by atoms with Crippen molar-refractivity contribution in [2.75, 3.05) is 7.05 Å². The van der Waals surface area contributed by atoms with E-state index in [9.17, 15) is 0 Å². The number of aryl methyl sites for hydroxylation is 1. The molecule has 1 unspecified atom stereocenters. The molecule has 3 aromatic rings. The first-order valence-electron chi connectivity index (χ1n) is 6.26. The van der Waals surface area contributed by atoms with Crippen LogP contribution in [-0.4, -0.2) is 21.8 Å². The Kier molecular flexibility index (Phi) is 3.05. The van der Waals surface area contributed by atoms with Gasteiger partial charge in [0.1, 0.15) is 17.7 Å². The molecule has 1 N–H and O–H groups in total. The van der Waals surface area contributed by atoms with E-state index >= 15 is 0 Å². The number of para-hydroxylation sites is 1. The molecule has 98 valence electrons. The van der Waals surface area contributed by atoms with Gasteiger partial charge in [0.2, 0.25) is 0 Å². The minimum atomic E-state index is 0.159. The van der Waals surface area contributed by atoms with Crippen LogP contribution in [0, 0.1) is 0 Å². The maximum absolute atomic E-state index is 5.60. The Hall–Kier alpha value is -2.14. The van der Waals surface area contributed by atoms with E-state index < -0.39 is 0 Å². The second-order valence-electron chi connectivity index (χ2n) is 4.53. The van der Waals surface area contributed by atoms with Gasteiger partial charge in [0, 0.05) is 30.5 Å². The molecule has 0 saturated carbocycles. The molecule has 0 radical (unpaired) electrons. The molecule has 0 aliphatic carbocycles. The first-order chi connectivity index (χ1) is 9.29. The van der Waals surface area contributed by atoms with Crippen molar-refractivity contribution in [3.63, 3.8) is 0 Å². The van der Waals surface area contributed by atoms with Gasteiger partial charge >= 0.3 is 0 Å². The van der Waals surface area contributed by atoms with Crippen molar-refractivity contribution in [3.8, 4) is 0 Å². The zero-order valence-corrected chi connectivity index (χ0v) is 11.0. The molecule has 5 heteroatoms. The lowest BCUT2D eigenvalue weighted by Crippen LogP contribution is -2.20. The fraction of sp³-hybridized carbons (Fsp3) is 0.286. The van der Waals surface area contributed by atoms with Crippen molar-refractivity contribution in [1.29, 1.82) is 0 Å². The lowest BCUT2D eigenvalue weighted by Gasteiger charge is -2.14. The summed E-state index contributed by atoms with van der Waals surface area (Å²) in [6, 6.07) is 8.22. The molecule has 0 fully saturated rings. The average molecular weight is 256 g/mol. The van der Waals surface area contributed by atoms with E-state index in [0.29, 0.717) is 0 Å². The van der Waals surface area contributed by atoms with Crippen LogP contribution >= 0.6 is 0 Å². The molecular formula is C14H16N4O. The Morgan fingerprint density at radius 3 is 2.95 bits per heavy atom. The van der Waals surface area contributed by atoms with Crippen LogP contribution in [0.25, 0.3) is 11.0 Å². The number of nitrogens with one attached hydrogen (secondary N) is 1. The second-order valence-corrected chi connectivity index (χ2v) is 4.53.